The molecule has 1 atom stereocenters. The number of nitrogens with zero attached hydrogens (tertiary/aromatic N) is 1. The zero-order chi connectivity index (χ0) is 22.2. The van der Waals surface area contributed by atoms with Gasteiger partial charge in [-0.1, -0.05) is 72.3 Å². The van der Waals surface area contributed by atoms with E-state index < -0.39 is 11.9 Å². The quantitative estimate of drug-likeness (QED) is 0.566. The summed E-state index contributed by atoms with van der Waals surface area (Å²) in [6.45, 7) is -0.00990. The lowest BCUT2D eigenvalue weighted by Gasteiger charge is -2.31. The minimum atomic E-state index is -0.785. The summed E-state index contributed by atoms with van der Waals surface area (Å²) in [6, 6.07) is 21.9. The van der Waals surface area contributed by atoms with Crippen molar-refractivity contribution < 1.29 is 14.0 Å². The largest absolute Gasteiger partial charge is 0.357 e. The van der Waals surface area contributed by atoms with Crippen molar-refractivity contribution in [2.75, 3.05) is 7.05 Å². The second kappa shape index (κ2) is 10.7. The molecule has 0 aliphatic carbocycles. The fourth-order valence-corrected chi connectivity index (χ4v) is 3.54. The molecule has 3 rings (SSSR count). The van der Waals surface area contributed by atoms with E-state index in [1.807, 2.05) is 30.3 Å². The van der Waals surface area contributed by atoms with Crippen LogP contribution in [0.2, 0.25) is 5.02 Å². The molecule has 0 aliphatic heterocycles. The van der Waals surface area contributed by atoms with Crippen LogP contribution in [0, 0.1) is 5.82 Å². The number of carbonyl (C=O) groups is 2. The second-order valence-electron chi connectivity index (χ2n) is 7.24. The van der Waals surface area contributed by atoms with Crippen LogP contribution in [0.4, 0.5) is 4.39 Å². The van der Waals surface area contributed by atoms with E-state index in [0.29, 0.717) is 17.0 Å². The third kappa shape index (κ3) is 6.15. The van der Waals surface area contributed by atoms with Gasteiger partial charge in [-0.05, 0) is 29.3 Å². The fourth-order valence-electron chi connectivity index (χ4n) is 3.41. The molecule has 0 unspecified atom stereocenters. The number of amides is 2. The second-order valence-corrected chi connectivity index (χ2v) is 7.67. The van der Waals surface area contributed by atoms with Gasteiger partial charge in [-0.25, -0.2) is 4.39 Å². The zero-order valence-electron chi connectivity index (χ0n) is 17.2. The maximum absolute atomic E-state index is 14.4. The van der Waals surface area contributed by atoms with E-state index in [1.165, 1.54) is 18.0 Å². The number of rotatable bonds is 8. The summed E-state index contributed by atoms with van der Waals surface area (Å²) >= 11 is 5.95. The van der Waals surface area contributed by atoms with E-state index in [2.05, 4.69) is 5.32 Å². The highest BCUT2D eigenvalue weighted by atomic mass is 35.5. The number of likely N-dealkylation sites (N-methyl/N-ethyl adjacent to an activating group) is 1. The molecule has 0 radical (unpaired) electrons. The SMILES string of the molecule is CNC(=O)[C@H](Cc1ccccc1)N(Cc1ccccc1F)C(=O)Cc1ccc(Cl)cc1. The molecule has 0 spiro atoms. The number of nitrogens with one attached hydrogen (secondary N) is 1. The standard InChI is InChI=1S/C25H24ClFN2O2/c1-28-25(31)23(15-18-7-3-2-4-8-18)29(17-20-9-5-6-10-22(20)27)24(30)16-19-11-13-21(26)14-12-19/h2-14,23H,15-17H2,1H3,(H,28,31)/t23-/m0/s1. The molecular formula is C25H24ClFN2O2. The van der Waals surface area contributed by atoms with Crippen molar-refractivity contribution in [1.82, 2.24) is 10.2 Å². The van der Waals surface area contributed by atoms with Crippen LogP contribution in [0.3, 0.4) is 0 Å². The first-order valence-corrected chi connectivity index (χ1v) is 10.4. The summed E-state index contributed by atoms with van der Waals surface area (Å²) in [7, 11) is 1.53. The molecule has 2 amide bonds. The van der Waals surface area contributed by atoms with Gasteiger partial charge in [-0.15, -0.1) is 0 Å². The lowest BCUT2D eigenvalue weighted by molar-refractivity contribution is -0.140. The number of hydrogen-bond donors (Lipinski definition) is 1. The van der Waals surface area contributed by atoms with E-state index in [1.54, 1.807) is 42.5 Å². The highest BCUT2D eigenvalue weighted by Crippen LogP contribution is 2.18. The van der Waals surface area contributed by atoms with Crippen LogP contribution in [0.1, 0.15) is 16.7 Å². The lowest BCUT2D eigenvalue weighted by Crippen LogP contribution is -2.50. The normalized spacial score (nSPS) is 11.6. The maximum Gasteiger partial charge on any atom is 0.242 e. The number of halogens is 2. The van der Waals surface area contributed by atoms with E-state index >= 15 is 0 Å². The molecule has 0 aromatic heterocycles. The van der Waals surface area contributed by atoms with Gasteiger partial charge in [0, 0.05) is 30.6 Å². The lowest BCUT2D eigenvalue weighted by atomic mass is 10.0. The van der Waals surface area contributed by atoms with E-state index in [4.69, 9.17) is 11.6 Å². The topological polar surface area (TPSA) is 49.4 Å². The predicted molar refractivity (Wildman–Crippen MR) is 120 cm³/mol. The van der Waals surface area contributed by atoms with Gasteiger partial charge in [-0.2, -0.15) is 0 Å². The van der Waals surface area contributed by atoms with Gasteiger partial charge in [0.25, 0.3) is 0 Å². The van der Waals surface area contributed by atoms with Crippen LogP contribution in [0.25, 0.3) is 0 Å². The first-order chi connectivity index (χ1) is 15.0. The fraction of sp³-hybridized carbons (Fsp3) is 0.200. The first-order valence-electron chi connectivity index (χ1n) is 10.0. The summed E-state index contributed by atoms with van der Waals surface area (Å²) in [6.07, 6.45) is 0.398. The maximum atomic E-state index is 14.4. The number of hydrogen-bond acceptors (Lipinski definition) is 2. The minimum absolute atomic E-state index is 0.00990. The van der Waals surface area contributed by atoms with E-state index in [0.717, 1.165) is 11.1 Å². The molecule has 160 valence electrons. The Morgan fingerprint density at radius 1 is 0.935 bits per heavy atom. The molecular weight excluding hydrogens is 415 g/mol. The van der Waals surface area contributed by atoms with Crippen LogP contribution >= 0.6 is 11.6 Å². The van der Waals surface area contributed by atoms with Crippen molar-refractivity contribution in [3.63, 3.8) is 0 Å². The highest BCUT2D eigenvalue weighted by molar-refractivity contribution is 6.30. The van der Waals surface area contributed by atoms with E-state index in [-0.39, 0.29) is 24.8 Å². The summed E-state index contributed by atoms with van der Waals surface area (Å²) in [5.41, 5.74) is 2.03. The van der Waals surface area contributed by atoms with Crippen molar-refractivity contribution in [1.29, 1.82) is 0 Å². The van der Waals surface area contributed by atoms with Gasteiger partial charge in [0.05, 0.1) is 6.42 Å². The van der Waals surface area contributed by atoms with Crippen LogP contribution < -0.4 is 5.32 Å². The summed E-state index contributed by atoms with van der Waals surface area (Å²) in [5, 5.41) is 3.22. The Bertz CT molecular complexity index is 1030. The number of carbonyl (C=O) groups excluding carboxylic acids is 2. The Balaban J connectivity index is 1.94. The summed E-state index contributed by atoms with van der Waals surface area (Å²) < 4.78 is 14.4. The molecule has 0 aliphatic rings. The Hall–Kier alpha value is -3.18. The third-order valence-electron chi connectivity index (χ3n) is 5.08. The smallest absolute Gasteiger partial charge is 0.242 e. The van der Waals surface area contributed by atoms with Crippen molar-refractivity contribution in [3.05, 3.63) is 106 Å². The third-order valence-corrected chi connectivity index (χ3v) is 5.34. The summed E-state index contributed by atoms with van der Waals surface area (Å²) in [5.74, 6) is -0.984. The van der Waals surface area contributed by atoms with Crippen LogP contribution in [0.15, 0.2) is 78.9 Å². The molecule has 0 saturated carbocycles. The molecule has 4 nitrogen and oxygen atoms in total. The molecule has 31 heavy (non-hydrogen) atoms. The van der Waals surface area contributed by atoms with Gasteiger partial charge in [0.2, 0.25) is 11.8 Å². The first kappa shape index (κ1) is 22.5. The van der Waals surface area contributed by atoms with Gasteiger partial charge in [-0.3, -0.25) is 9.59 Å². The van der Waals surface area contributed by atoms with Gasteiger partial charge in [0.1, 0.15) is 11.9 Å². The molecule has 0 fully saturated rings. The van der Waals surface area contributed by atoms with Gasteiger partial charge < -0.3 is 10.2 Å². The predicted octanol–water partition coefficient (Wildman–Crippen LogP) is 4.41. The van der Waals surface area contributed by atoms with Gasteiger partial charge in [0.15, 0.2) is 0 Å². The molecule has 3 aromatic carbocycles. The molecule has 3 aromatic rings. The van der Waals surface area contributed by atoms with E-state index in [9.17, 15) is 14.0 Å². The van der Waals surface area contributed by atoms with Crippen molar-refractivity contribution in [2.45, 2.75) is 25.4 Å². The zero-order valence-corrected chi connectivity index (χ0v) is 18.0. The van der Waals surface area contributed by atoms with Gasteiger partial charge >= 0.3 is 0 Å². The summed E-state index contributed by atoms with van der Waals surface area (Å²) in [4.78, 5) is 27.6. The van der Waals surface area contributed by atoms with Crippen LogP contribution in [0.5, 0.6) is 0 Å². The average molecular weight is 439 g/mol. The van der Waals surface area contributed by atoms with Crippen molar-refractivity contribution in [2.24, 2.45) is 0 Å². The van der Waals surface area contributed by atoms with Crippen LogP contribution in [-0.4, -0.2) is 29.8 Å². The Morgan fingerprint density at radius 3 is 2.23 bits per heavy atom. The molecule has 0 saturated heterocycles. The van der Waals surface area contributed by atoms with Crippen LogP contribution in [-0.2, 0) is 29.0 Å². The highest BCUT2D eigenvalue weighted by Gasteiger charge is 2.30. The monoisotopic (exact) mass is 438 g/mol. The Morgan fingerprint density at radius 2 is 1.58 bits per heavy atom. The van der Waals surface area contributed by atoms with Crippen molar-refractivity contribution in [3.8, 4) is 0 Å². The molecule has 1 N–H and O–H groups in total. The molecule has 6 heteroatoms. The molecule has 0 bridgehead atoms. The van der Waals surface area contributed by atoms with Crippen molar-refractivity contribution >= 4 is 23.4 Å². The Kier molecular flexibility index (Phi) is 7.79. The molecule has 0 heterocycles. The number of benzene rings is 3. The Labute approximate surface area is 186 Å². The minimum Gasteiger partial charge on any atom is -0.357 e. The average Bonchev–Trinajstić information content (AvgIpc) is 2.79.